The van der Waals surface area contributed by atoms with Crippen molar-refractivity contribution in [3.63, 3.8) is 0 Å². The van der Waals surface area contributed by atoms with Gasteiger partial charge in [-0.1, -0.05) is 11.8 Å². The van der Waals surface area contributed by atoms with Crippen LogP contribution in [-0.2, 0) is 16.5 Å². The second kappa shape index (κ2) is 8.54. The van der Waals surface area contributed by atoms with Crippen LogP contribution in [0.3, 0.4) is 0 Å². The Hall–Kier alpha value is -3.34. The number of amides is 1. The van der Waals surface area contributed by atoms with Crippen LogP contribution in [0, 0.1) is 29.1 Å². The Morgan fingerprint density at radius 2 is 2.00 bits per heavy atom. The van der Waals surface area contributed by atoms with Crippen molar-refractivity contribution in [3.8, 4) is 17.9 Å². The second-order valence-electron chi connectivity index (χ2n) is 8.79. The van der Waals surface area contributed by atoms with Crippen molar-refractivity contribution in [2.75, 3.05) is 31.5 Å². The van der Waals surface area contributed by atoms with E-state index in [4.69, 9.17) is 5.26 Å². The molecule has 0 bridgehead atoms. The van der Waals surface area contributed by atoms with Crippen LogP contribution in [-0.4, -0.2) is 52.8 Å². The molecule has 33 heavy (non-hydrogen) atoms. The summed E-state index contributed by atoms with van der Waals surface area (Å²) in [5.41, 5.74) is -2.18. The van der Waals surface area contributed by atoms with Crippen molar-refractivity contribution < 1.29 is 18.0 Å². The van der Waals surface area contributed by atoms with Crippen LogP contribution in [0.2, 0.25) is 0 Å². The summed E-state index contributed by atoms with van der Waals surface area (Å²) in [4.78, 5) is 15.3. The molecule has 0 aliphatic carbocycles. The van der Waals surface area contributed by atoms with E-state index < -0.39 is 28.7 Å². The summed E-state index contributed by atoms with van der Waals surface area (Å²) in [6.07, 6.45) is -1.49. The lowest BCUT2D eigenvalue weighted by atomic mass is 9.96. The molecule has 2 aromatic rings. The molecule has 0 saturated carbocycles. The van der Waals surface area contributed by atoms with Gasteiger partial charge in [-0.3, -0.25) is 14.4 Å². The van der Waals surface area contributed by atoms with E-state index in [1.54, 1.807) is 26.2 Å². The van der Waals surface area contributed by atoms with E-state index in [2.05, 4.69) is 32.5 Å². The Kier molecular flexibility index (Phi) is 5.91. The van der Waals surface area contributed by atoms with Gasteiger partial charge in [-0.25, -0.2) is 0 Å². The predicted molar refractivity (Wildman–Crippen MR) is 115 cm³/mol. The van der Waals surface area contributed by atoms with E-state index in [1.165, 1.54) is 16.8 Å². The number of anilines is 1. The summed E-state index contributed by atoms with van der Waals surface area (Å²) < 4.78 is 41.0. The number of carbonyl (C=O) groups excluding carboxylic acids is 1. The maximum atomic E-state index is 13.2. The molecule has 0 radical (unpaired) electrons. The molecule has 3 heterocycles. The van der Waals surface area contributed by atoms with E-state index in [0.29, 0.717) is 17.5 Å². The zero-order chi connectivity index (χ0) is 23.8. The number of nitrogens with zero attached hydrogens (tertiary/aromatic N) is 4. The molecule has 2 N–H and O–H groups in total. The predicted octanol–water partition coefficient (Wildman–Crippen LogP) is 2.40. The number of hydrogen-bond acceptors (Lipinski definition) is 5. The van der Waals surface area contributed by atoms with Crippen molar-refractivity contribution in [1.82, 2.24) is 20.0 Å². The largest absolute Gasteiger partial charge is 0.417 e. The van der Waals surface area contributed by atoms with Gasteiger partial charge in [-0.05, 0) is 32.0 Å². The van der Waals surface area contributed by atoms with E-state index in [1.807, 2.05) is 0 Å². The lowest BCUT2D eigenvalue weighted by Crippen LogP contribution is -2.63. The summed E-state index contributed by atoms with van der Waals surface area (Å²) in [5, 5.41) is 18.9. The molecule has 0 spiro atoms. The molecule has 2 fully saturated rings. The highest BCUT2D eigenvalue weighted by molar-refractivity contribution is 5.96. The average Bonchev–Trinajstić information content (AvgIpc) is 3.17. The number of halogens is 3. The van der Waals surface area contributed by atoms with Gasteiger partial charge >= 0.3 is 6.18 Å². The minimum atomic E-state index is -4.71. The number of nitrogens with one attached hydrogen (secondary N) is 2. The third-order valence-corrected chi connectivity index (χ3v) is 6.02. The minimum absolute atomic E-state index is 0.0530. The fourth-order valence-corrected chi connectivity index (χ4v) is 3.65. The highest BCUT2D eigenvalue weighted by Crippen LogP contribution is 2.34. The van der Waals surface area contributed by atoms with Gasteiger partial charge in [0.1, 0.15) is 5.54 Å². The van der Waals surface area contributed by atoms with E-state index in [0.717, 1.165) is 38.3 Å². The number of aromatic nitrogens is 2. The summed E-state index contributed by atoms with van der Waals surface area (Å²) in [7, 11) is 0. The number of likely N-dealkylation sites (tertiary alicyclic amines) is 1. The van der Waals surface area contributed by atoms with E-state index in [-0.39, 0.29) is 5.69 Å². The van der Waals surface area contributed by atoms with E-state index in [9.17, 15) is 18.0 Å². The monoisotopic (exact) mass is 456 g/mol. The Bertz CT molecular complexity index is 1160. The fourth-order valence-electron chi connectivity index (χ4n) is 3.65. The van der Waals surface area contributed by atoms with E-state index >= 15 is 0 Å². The molecule has 2 saturated heterocycles. The molecule has 1 aromatic carbocycles. The first-order valence-electron chi connectivity index (χ1n) is 10.5. The molecule has 1 aromatic heterocycles. The lowest BCUT2D eigenvalue weighted by Gasteiger charge is -2.46. The van der Waals surface area contributed by atoms with Crippen LogP contribution in [0.25, 0.3) is 0 Å². The molecule has 7 nitrogen and oxygen atoms in total. The minimum Gasteiger partial charge on any atom is -0.324 e. The van der Waals surface area contributed by atoms with Crippen molar-refractivity contribution in [3.05, 3.63) is 47.3 Å². The zero-order valence-electron chi connectivity index (χ0n) is 18.2. The molecular formula is C23H23F3N6O. The quantitative estimate of drug-likeness (QED) is 0.691. The lowest BCUT2D eigenvalue weighted by molar-refractivity contribution is -0.137. The Labute approximate surface area is 189 Å². The molecule has 0 unspecified atom stereocenters. The van der Waals surface area contributed by atoms with Crippen LogP contribution < -0.4 is 10.6 Å². The van der Waals surface area contributed by atoms with Crippen molar-refractivity contribution in [2.24, 2.45) is 5.92 Å². The SMILES string of the molecule is CC(C)(C(=O)Nc1ccc(C#N)c(C(F)(F)F)c1)n1cc(C#CC2CN(C3CNC3)C2)cn1. The zero-order valence-corrected chi connectivity index (χ0v) is 18.2. The number of rotatable bonds is 4. The molecule has 2 aliphatic rings. The summed E-state index contributed by atoms with van der Waals surface area (Å²) >= 11 is 0. The van der Waals surface area contributed by atoms with Crippen molar-refractivity contribution in [2.45, 2.75) is 31.6 Å². The van der Waals surface area contributed by atoms with Crippen LogP contribution in [0.1, 0.15) is 30.5 Å². The maximum Gasteiger partial charge on any atom is 0.417 e. The maximum absolute atomic E-state index is 13.2. The first-order chi connectivity index (χ1) is 15.6. The summed E-state index contributed by atoms with van der Waals surface area (Å²) in [6, 6.07) is 5.20. The third-order valence-electron chi connectivity index (χ3n) is 6.02. The van der Waals surface area contributed by atoms with Crippen molar-refractivity contribution >= 4 is 11.6 Å². The normalized spacial score (nSPS) is 17.3. The number of nitriles is 1. The highest BCUT2D eigenvalue weighted by atomic mass is 19.4. The highest BCUT2D eigenvalue weighted by Gasteiger charge is 2.36. The first kappa shape index (κ1) is 22.8. The van der Waals surface area contributed by atoms with Gasteiger partial charge in [-0.15, -0.1) is 0 Å². The van der Waals surface area contributed by atoms with Gasteiger partial charge in [0.15, 0.2) is 0 Å². The van der Waals surface area contributed by atoms with Gasteiger partial charge in [0.05, 0.1) is 29.0 Å². The Morgan fingerprint density at radius 3 is 2.61 bits per heavy atom. The van der Waals surface area contributed by atoms with Gasteiger partial charge < -0.3 is 10.6 Å². The Balaban J connectivity index is 1.42. The first-order valence-corrected chi connectivity index (χ1v) is 10.5. The van der Waals surface area contributed by atoms with Crippen molar-refractivity contribution in [1.29, 1.82) is 5.26 Å². The van der Waals surface area contributed by atoms with Gasteiger partial charge in [0.25, 0.3) is 5.91 Å². The standard InChI is InChI=1S/C23H23F3N6O/c1-22(2,21(33)30-18-6-5-17(8-27)20(7-18)23(24,25)26)32-14-15(9-29-32)3-4-16-12-31(13-16)19-10-28-11-19/h5-7,9,14,16,19,28H,10-13H2,1-2H3,(H,30,33). The number of benzene rings is 1. The van der Waals surface area contributed by atoms with Gasteiger partial charge in [0, 0.05) is 50.0 Å². The molecular weight excluding hydrogens is 433 g/mol. The third kappa shape index (κ3) is 4.72. The van der Waals surface area contributed by atoms with Crippen LogP contribution in [0.5, 0.6) is 0 Å². The molecule has 0 atom stereocenters. The smallest absolute Gasteiger partial charge is 0.324 e. The molecule has 2 aliphatic heterocycles. The number of hydrogen-bond donors (Lipinski definition) is 2. The van der Waals surface area contributed by atoms with Crippen LogP contribution >= 0.6 is 0 Å². The molecule has 4 rings (SSSR count). The topological polar surface area (TPSA) is 86.0 Å². The molecule has 1 amide bonds. The molecule has 10 heteroatoms. The number of alkyl halides is 3. The number of carbonyl (C=O) groups is 1. The fraction of sp³-hybridized carbons (Fsp3) is 0.435. The molecule has 172 valence electrons. The van der Waals surface area contributed by atoms with Gasteiger partial charge in [0.2, 0.25) is 0 Å². The van der Waals surface area contributed by atoms with Gasteiger partial charge in [-0.2, -0.15) is 23.5 Å². The Morgan fingerprint density at radius 1 is 1.27 bits per heavy atom. The average molecular weight is 456 g/mol. The van der Waals surface area contributed by atoms with Crippen LogP contribution in [0.15, 0.2) is 30.6 Å². The van der Waals surface area contributed by atoms with Crippen LogP contribution in [0.4, 0.5) is 18.9 Å². The second-order valence-corrected chi connectivity index (χ2v) is 8.79. The summed E-state index contributed by atoms with van der Waals surface area (Å²) in [6.45, 7) is 7.18. The summed E-state index contributed by atoms with van der Waals surface area (Å²) in [5.74, 6) is 6.09.